The molecule has 2 atom stereocenters. The standard InChI is InChI=1S/C26H34FN5O/c1-18-24(19(2)30-17-29-18)25(33)32-15-20-13-31(14-21(20)16-32)11-8-26(6-9-28-10-7-26)22-4-3-5-23(27)12-22/h3-5,12,17,20-21,28H,6-11,13-16H2,1-2H3. The Balaban J connectivity index is 1.21. The van der Waals surface area contributed by atoms with Gasteiger partial charge in [-0.3, -0.25) is 4.79 Å². The van der Waals surface area contributed by atoms with Crippen LogP contribution in [0.4, 0.5) is 4.39 Å². The molecule has 176 valence electrons. The molecule has 3 fully saturated rings. The summed E-state index contributed by atoms with van der Waals surface area (Å²) >= 11 is 0. The zero-order valence-corrected chi connectivity index (χ0v) is 19.7. The number of fused-ring (bicyclic) bond motifs is 1. The molecule has 0 spiro atoms. The van der Waals surface area contributed by atoms with Gasteiger partial charge in [-0.25, -0.2) is 14.4 Å². The molecule has 3 aliphatic heterocycles. The van der Waals surface area contributed by atoms with Crippen LogP contribution in [0.5, 0.6) is 0 Å². The summed E-state index contributed by atoms with van der Waals surface area (Å²) in [6.45, 7) is 10.5. The molecule has 3 aliphatic rings. The van der Waals surface area contributed by atoms with Gasteiger partial charge in [-0.15, -0.1) is 0 Å². The van der Waals surface area contributed by atoms with Crippen LogP contribution in [0.3, 0.4) is 0 Å². The minimum atomic E-state index is -0.139. The van der Waals surface area contributed by atoms with Crippen LogP contribution in [0.25, 0.3) is 0 Å². The highest BCUT2D eigenvalue weighted by Gasteiger charge is 2.43. The van der Waals surface area contributed by atoms with Crippen molar-refractivity contribution in [2.75, 3.05) is 45.8 Å². The highest BCUT2D eigenvalue weighted by molar-refractivity contribution is 5.96. The first-order chi connectivity index (χ1) is 15.9. The molecule has 1 N–H and O–H groups in total. The Kier molecular flexibility index (Phi) is 6.18. The average Bonchev–Trinajstić information content (AvgIpc) is 3.37. The topological polar surface area (TPSA) is 61.4 Å². The van der Waals surface area contributed by atoms with Gasteiger partial charge in [-0.1, -0.05) is 12.1 Å². The summed E-state index contributed by atoms with van der Waals surface area (Å²) in [4.78, 5) is 26.2. The third kappa shape index (κ3) is 4.41. The van der Waals surface area contributed by atoms with E-state index in [4.69, 9.17) is 0 Å². The van der Waals surface area contributed by atoms with E-state index in [0.717, 1.165) is 82.0 Å². The van der Waals surface area contributed by atoms with Gasteiger partial charge in [0.25, 0.3) is 5.91 Å². The van der Waals surface area contributed by atoms with Crippen molar-refractivity contribution in [1.29, 1.82) is 0 Å². The smallest absolute Gasteiger partial charge is 0.257 e. The van der Waals surface area contributed by atoms with Crippen molar-refractivity contribution in [3.63, 3.8) is 0 Å². The summed E-state index contributed by atoms with van der Waals surface area (Å²) in [6.07, 6.45) is 4.69. The number of carbonyl (C=O) groups excluding carboxylic acids is 1. The normalized spacial score (nSPS) is 24.8. The van der Waals surface area contributed by atoms with E-state index in [1.807, 2.05) is 24.8 Å². The Morgan fingerprint density at radius 1 is 1.09 bits per heavy atom. The Morgan fingerprint density at radius 2 is 1.76 bits per heavy atom. The second-order valence-electron chi connectivity index (χ2n) is 10.2. The van der Waals surface area contributed by atoms with Gasteiger partial charge in [0.05, 0.1) is 17.0 Å². The van der Waals surface area contributed by atoms with Crippen molar-refractivity contribution in [2.45, 2.75) is 38.5 Å². The summed E-state index contributed by atoms with van der Waals surface area (Å²) in [6, 6.07) is 7.23. The lowest BCUT2D eigenvalue weighted by molar-refractivity contribution is 0.0770. The number of amides is 1. The maximum absolute atomic E-state index is 14.0. The summed E-state index contributed by atoms with van der Waals surface area (Å²) in [5.74, 6) is 0.987. The van der Waals surface area contributed by atoms with Crippen molar-refractivity contribution < 1.29 is 9.18 Å². The molecule has 2 aromatic rings. The highest BCUT2D eigenvalue weighted by atomic mass is 19.1. The lowest BCUT2D eigenvalue weighted by atomic mass is 9.70. The van der Waals surface area contributed by atoms with E-state index in [9.17, 15) is 9.18 Å². The Bertz CT molecular complexity index is 987. The van der Waals surface area contributed by atoms with Gasteiger partial charge in [-0.05, 0) is 87.7 Å². The largest absolute Gasteiger partial charge is 0.338 e. The van der Waals surface area contributed by atoms with Crippen LogP contribution in [0.1, 0.15) is 46.6 Å². The number of nitrogens with zero attached hydrogens (tertiary/aromatic N) is 4. The van der Waals surface area contributed by atoms with Crippen molar-refractivity contribution in [3.8, 4) is 0 Å². The number of halogens is 1. The fraction of sp³-hybridized carbons (Fsp3) is 0.577. The first kappa shape index (κ1) is 22.4. The van der Waals surface area contributed by atoms with Crippen molar-refractivity contribution >= 4 is 5.91 Å². The fourth-order valence-electron chi connectivity index (χ4n) is 6.28. The number of piperidine rings is 1. The zero-order chi connectivity index (χ0) is 23.0. The Hall–Kier alpha value is -2.38. The monoisotopic (exact) mass is 451 g/mol. The third-order valence-electron chi connectivity index (χ3n) is 8.19. The average molecular weight is 452 g/mol. The molecule has 7 heteroatoms. The van der Waals surface area contributed by atoms with Crippen LogP contribution in [0.2, 0.25) is 0 Å². The number of likely N-dealkylation sites (tertiary alicyclic amines) is 2. The van der Waals surface area contributed by atoms with Crippen molar-refractivity contribution in [1.82, 2.24) is 25.1 Å². The van der Waals surface area contributed by atoms with Gasteiger partial charge < -0.3 is 15.1 Å². The summed E-state index contributed by atoms with van der Waals surface area (Å²) < 4.78 is 14.0. The molecule has 4 heterocycles. The number of benzene rings is 1. The molecular weight excluding hydrogens is 417 g/mol. The molecule has 0 saturated carbocycles. The van der Waals surface area contributed by atoms with Gasteiger partial charge in [0.15, 0.2) is 0 Å². The van der Waals surface area contributed by atoms with E-state index < -0.39 is 0 Å². The summed E-state index contributed by atoms with van der Waals surface area (Å²) in [7, 11) is 0. The number of aryl methyl sites for hydroxylation is 2. The van der Waals surface area contributed by atoms with Crippen LogP contribution in [0.15, 0.2) is 30.6 Å². The molecule has 33 heavy (non-hydrogen) atoms. The van der Waals surface area contributed by atoms with E-state index in [0.29, 0.717) is 17.4 Å². The van der Waals surface area contributed by atoms with Crippen molar-refractivity contribution in [3.05, 3.63) is 58.9 Å². The fourth-order valence-corrected chi connectivity index (χ4v) is 6.28. The quantitative estimate of drug-likeness (QED) is 0.758. The van der Waals surface area contributed by atoms with Gasteiger partial charge in [0.1, 0.15) is 12.1 Å². The van der Waals surface area contributed by atoms with Crippen molar-refractivity contribution in [2.24, 2.45) is 11.8 Å². The zero-order valence-electron chi connectivity index (χ0n) is 19.7. The van der Waals surface area contributed by atoms with E-state index in [-0.39, 0.29) is 17.1 Å². The second kappa shape index (κ2) is 9.11. The van der Waals surface area contributed by atoms with E-state index in [1.54, 1.807) is 6.07 Å². The van der Waals surface area contributed by atoms with Gasteiger partial charge in [0.2, 0.25) is 0 Å². The minimum absolute atomic E-state index is 0.0510. The molecule has 1 aromatic heterocycles. The molecule has 0 aliphatic carbocycles. The number of hydrogen-bond donors (Lipinski definition) is 1. The van der Waals surface area contributed by atoms with Gasteiger partial charge >= 0.3 is 0 Å². The number of aromatic nitrogens is 2. The second-order valence-corrected chi connectivity index (χ2v) is 10.2. The highest BCUT2D eigenvalue weighted by Crippen LogP contribution is 2.39. The molecule has 5 rings (SSSR count). The van der Waals surface area contributed by atoms with Crippen LogP contribution >= 0.6 is 0 Å². The van der Waals surface area contributed by atoms with Crippen LogP contribution in [0, 0.1) is 31.5 Å². The van der Waals surface area contributed by atoms with Gasteiger partial charge in [0, 0.05) is 26.2 Å². The number of hydrogen-bond acceptors (Lipinski definition) is 5. The predicted molar refractivity (Wildman–Crippen MR) is 126 cm³/mol. The molecule has 0 radical (unpaired) electrons. The maximum atomic E-state index is 14.0. The maximum Gasteiger partial charge on any atom is 0.257 e. The molecule has 6 nitrogen and oxygen atoms in total. The molecular formula is C26H34FN5O. The predicted octanol–water partition coefficient (Wildman–Crippen LogP) is 2.95. The molecule has 1 amide bonds. The molecule has 1 aromatic carbocycles. The summed E-state index contributed by atoms with van der Waals surface area (Å²) in [5, 5.41) is 3.47. The summed E-state index contributed by atoms with van der Waals surface area (Å²) in [5.41, 5.74) is 3.38. The molecule has 3 saturated heterocycles. The van der Waals surface area contributed by atoms with E-state index in [1.165, 1.54) is 12.4 Å². The Labute approximate surface area is 195 Å². The Morgan fingerprint density at radius 3 is 2.39 bits per heavy atom. The van der Waals surface area contributed by atoms with E-state index >= 15 is 0 Å². The minimum Gasteiger partial charge on any atom is -0.338 e. The first-order valence-electron chi connectivity index (χ1n) is 12.2. The van der Waals surface area contributed by atoms with Crippen LogP contribution in [-0.4, -0.2) is 71.5 Å². The first-order valence-corrected chi connectivity index (χ1v) is 12.2. The number of rotatable bonds is 5. The third-order valence-corrected chi connectivity index (χ3v) is 8.19. The van der Waals surface area contributed by atoms with E-state index in [2.05, 4.69) is 26.3 Å². The van der Waals surface area contributed by atoms with Gasteiger partial charge in [-0.2, -0.15) is 0 Å². The lowest BCUT2D eigenvalue weighted by Crippen LogP contribution is -2.42. The van der Waals surface area contributed by atoms with Crippen LogP contribution < -0.4 is 5.32 Å². The lowest BCUT2D eigenvalue weighted by Gasteiger charge is -2.39. The number of carbonyl (C=O) groups is 1. The van der Waals surface area contributed by atoms with Crippen LogP contribution in [-0.2, 0) is 5.41 Å². The number of nitrogens with one attached hydrogen (secondary N) is 1. The SMILES string of the molecule is Cc1ncnc(C)c1C(=O)N1CC2CN(CCC3(c4cccc(F)c4)CCNCC3)CC2C1. The molecule has 0 bridgehead atoms. The molecule has 2 unspecified atom stereocenters.